The molecule has 1 amide bonds. The van der Waals surface area contributed by atoms with Gasteiger partial charge in [0.2, 0.25) is 11.1 Å². The highest BCUT2D eigenvalue weighted by Gasteiger charge is 2.24. The Morgan fingerprint density at radius 2 is 1.57 bits per heavy atom. The number of ether oxygens (including phenoxy) is 1. The van der Waals surface area contributed by atoms with Gasteiger partial charge in [0.1, 0.15) is 0 Å². The van der Waals surface area contributed by atoms with E-state index in [0.717, 1.165) is 69.1 Å². The van der Waals surface area contributed by atoms with Gasteiger partial charge in [-0.15, -0.1) is 5.10 Å². The molecule has 3 aromatic carbocycles. The minimum absolute atomic E-state index is 0.00531. The quantitative estimate of drug-likeness (QED) is 0.177. The van der Waals surface area contributed by atoms with Gasteiger partial charge >= 0.3 is 0 Å². The monoisotopic (exact) mass is 634 g/mol. The van der Waals surface area contributed by atoms with E-state index in [1.165, 1.54) is 34.0 Å². The predicted octanol–water partition coefficient (Wildman–Crippen LogP) is 5.27. The van der Waals surface area contributed by atoms with Crippen molar-refractivity contribution in [1.82, 2.24) is 29.8 Å². The fourth-order valence-electron chi connectivity index (χ4n) is 5.83. The van der Waals surface area contributed by atoms with Crippen LogP contribution in [-0.2, 0) is 35.2 Å². The second kappa shape index (κ2) is 15.5. The highest BCUT2D eigenvalue weighted by molar-refractivity contribution is 8.00. The summed E-state index contributed by atoms with van der Waals surface area (Å²) >= 11 is 1.41. The van der Waals surface area contributed by atoms with Crippen LogP contribution in [-0.4, -0.2) is 75.0 Å². The summed E-state index contributed by atoms with van der Waals surface area (Å²) in [6, 6.07) is 29.4. The Morgan fingerprint density at radius 3 is 2.28 bits per heavy atom. The van der Waals surface area contributed by atoms with Crippen molar-refractivity contribution in [1.29, 1.82) is 0 Å². The van der Waals surface area contributed by atoms with Crippen molar-refractivity contribution in [3.05, 3.63) is 124 Å². The Balaban J connectivity index is 1.25. The average Bonchev–Trinajstić information content (AvgIpc) is 3.50. The van der Waals surface area contributed by atoms with Crippen molar-refractivity contribution >= 4 is 23.4 Å². The van der Waals surface area contributed by atoms with Crippen LogP contribution in [0.25, 0.3) is 5.78 Å². The van der Waals surface area contributed by atoms with E-state index in [0.29, 0.717) is 23.9 Å². The first-order chi connectivity index (χ1) is 22.5. The molecule has 1 N–H and O–H groups in total. The predicted molar refractivity (Wildman–Crippen MR) is 183 cm³/mol. The van der Waals surface area contributed by atoms with E-state index in [4.69, 9.17) is 19.8 Å². The summed E-state index contributed by atoms with van der Waals surface area (Å²) in [7, 11) is 0. The SMILES string of the molecule is Cc1ccc(Cc2c(CCc3ccccc3)nc3nc(SC(Cc4ccccc4)C(=O)NCCN4CCOCC4)nn3c2C)cc1. The van der Waals surface area contributed by atoms with Crippen LogP contribution < -0.4 is 5.32 Å². The van der Waals surface area contributed by atoms with E-state index in [-0.39, 0.29) is 11.2 Å². The molecule has 9 heteroatoms. The molecule has 0 spiro atoms. The summed E-state index contributed by atoms with van der Waals surface area (Å²) in [6.45, 7) is 8.90. The Kier molecular flexibility index (Phi) is 10.7. The van der Waals surface area contributed by atoms with Crippen molar-refractivity contribution in [2.75, 3.05) is 39.4 Å². The number of hydrogen-bond donors (Lipinski definition) is 1. The van der Waals surface area contributed by atoms with E-state index in [2.05, 4.69) is 84.7 Å². The summed E-state index contributed by atoms with van der Waals surface area (Å²) in [5, 5.41) is 8.26. The van der Waals surface area contributed by atoms with Crippen molar-refractivity contribution < 1.29 is 9.53 Å². The largest absolute Gasteiger partial charge is 0.379 e. The van der Waals surface area contributed by atoms with Gasteiger partial charge in [-0.1, -0.05) is 102 Å². The molecular formula is C37H42N6O2S. The molecule has 5 aromatic rings. The third kappa shape index (κ3) is 8.40. The zero-order chi connectivity index (χ0) is 31.7. The van der Waals surface area contributed by atoms with Gasteiger partial charge in [-0.3, -0.25) is 9.69 Å². The number of hydrogen-bond acceptors (Lipinski definition) is 7. The molecule has 1 atom stereocenters. The smallest absolute Gasteiger partial charge is 0.253 e. The number of carbonyl (C=O) groups excluding carboxylic acids is 1. The normalized spacial score (nSPS) is 14.4. The zero-order valence-corrected chi connectivity index (χ0v) is 27.5. The number of amides is 1. The fourth-order valence-corrected chi connectivity index (χ4v) is 6.81. The second-order valence-corrected chi connectivity index (χ2v) is 13.1. The molecule has 2 aromatic heterocycles. The molecule has 8 nitrogen and oxygen atoms in total. The number of carbonyl (C=O) groups is 1. The molecule has 6 rings (SSSR count). The van der Waals surface area contributed by atoms with Crippen LogP contribution in [0.15, 0.2) is 90.1 Å². The Hall–Kier alpha value is -4.05. The number of aromatic nitrogens is 4. The molecule has 0 radical (unpaired) electrons. The Morgan fingerprint density at radius 1 is 0.870 bits per heavy atom. The van der Waals surface area contributed by atoms with Gasteiger partial charge in [0.25, 0.3) is 5.78 Å². The van der Waals surface area contributed by atoms with E-state index in [9.17, 15) is 4.79 Å². The Labute approximate surface area is 275 Å². The maximum absolute atomic E-state index is 13.6. The lowest BCUT2D eigenvalue weighted by Gasteiger charge is -2.26. The first-order valence-corrected chi connectivity index (χ1v) is 17.0. The van der Waals surface area contributed by atoms with Gasteiger partial charge in [0.15, 0.2) is 0 Å². The number of morpholine rings is 1. The van der Waals surface area contributed by atoms with Crippen LogP contribution >= 0.6 is 11.8 Å². The maximum atomic E-state index is 13.6. The summed E-state index contributed by atoms with van der Waals surface area (Å²) in [6.07, 6.45) is 3.05. The molecule has 0 bridgehead atoms. The highest BCUT2D eigenvalue weighted by Crippen LogP contribution is 2.26. The van der Waals surface area contributed by atoms with Crippen molar-refractivity contribution in [3.63, 3.8) is 0 Å². The van der Waals surface area contributed by atoms with Crippen LogP contribution in [0.1, 0.15) is 39.2 Å². The van der Waals surface area contributed by atoms with Gasteiger partial charge in [0.05, 0.1) is 24.2 Å². The van der Waals surface area contributed by atoms with Crippen molar-refractivity contribution in [2.45, 2.75) is 49.9 Å². The lowest BCUT2D eigenvalue weighted by Crippen LogP contribution is -2.43. The Bertz CT molecular complexity index is 1720. The van der Waals surface area contributed by atoms with E-state index >= 15 is 0 Å². The summed E-state index contributed by atoms with van der Waals surface area (Å²) in [5.74, 6) is 0.566. The van der Waals surface area contributed by atoms with E-state index in [1.807, 2.05) is 28.8 Å². The van der Waals surface area contributed by atoms with Gasteiger partial charge in [-0.2, -0.15) is 4.98 Å². The van der Waals surface area contributed by atoms with Crippen molar-refractivity contribution in [2.24, 2.45) is 0 Å². The number of nitrogens with one attached hydrogen (secondary N) is 1. The van der Waals surface area contributed by atoms with E-state index in [1.54, 1.807) is 0 Å². The summed E-state index contributed by atoms with van der Waals surface area (Å²) in [4.78, 5) is 25.9. The molecular weight excluding hydrogens is 593 g/mol. The van der Waals surface area contributed by atoms with Crippen molar-refractivity contribution in [3.8, 4) is 0 Å². The van der Waals surface area contributed by atoms with Crippen LogP contribution in [0.4, 0.5) is 0 Å². The number of nitrogens with zero attached hydrogens (tertiary/aromatic N) is 5. The third-order valence-corrected chi connectivity index (χ3v) is 9.59. The number of rotatable bonds is 13. The fraction of sp³-hybridized carbons (Fsp3) is 0.351. The molecule has 1 unspecified atom stereocenters. The zero-order valence-electron chi connectivity index (χ0n) is 26.7. The lowest BCUT2D eigenvalue weighted by atomic mass is 9.98. The number of fused-ring (bicyclic) bond motifs is 1. The summed E-state index contributed by atoms with van der Waals surface area (Å²) in [5.41, 5.74) is 8.11. The molecule has 1 fully saturated rings. The van der Waals surface area contributed by atoms with Gasteiger partial charge in [-0.25, -0.2) is 9.50 Å². The molecule has 1 aliphatic rings. The minimum Gasteiger partial charge on any atom is -0.379 e. The third-order valence-electron chi connectivity index (χ3n) is 8.54. The number of benzene rings is 3. The lowest BCUT2D eigenvalue weighted by molar-refractivity contribution is -0.120. The highest BCUT2D eigenvalue weighted by atomic mass is 32.2. The van der Waals surface area contributed by atoms with Gasteiger partial charge in [-0.05, 0) is 55.4 Å². The van der Waals surface area contributed by atoms with Crippen LogP contribution in [0.2, 0.25) is 0 Å². The molecule has 3 heterocycles. The van der Waals surface area contributed by atoms with Crippen LogP contribution in [0, 0.1) is 13.8 Å². The first-order valence-electron chi connectivity index (χ1n) is 16.1. The first kappa shape index (κ1) is 31.9. The number of thioether (sulfide) groups is 1. The molecule has 0 aliphatic carbocycles. The van der Waals surface area contributed by atoms with Crippen LogP contribution in [0.5, 0.6) is 0 Å². The van der Waals surface area contributed by atoms with E-state index < -0.39 is 0 Å². The maximum Gasteiger partial charge on any atom is 0.253 e. The molecule has 1 aliphatic heterocycles. The minimum atomic E-state index is -0.380. The molecule has 238 valence electrons. The molecule has 1 saturated heterocycles. The summed E-state index contributed by atoms with van der Waals surface area (Å²) < 4.78 is 7.32. The number of aryl methyl sites for hydroxylation is 4. The molecule has 0 saturated carbocycles. The second-order valence-electron chi connectivity index (χ2n) is 11.9. The topological polar surface area (TPSA) is 84.7 Å². The van der Waals surface area contributed by atoms with Gasteiger partial charge < -0.3 is 10.1 Å². The van der Waals surface area contributed by atoms with Crippen LogP contribution in [0.3, 0.4) is 0 Å². The molecule has 46 heavy (non-hydrogen) atoms. The standard InChI is InChI=1S/C37H42N6O2S/c1-27-13-15-31(16-14-27)25-32-28(2)43-36(39-33(32)18-17-29-9-5-3-6-10-29)40-37(41-43)46-34(26-30-11-7-4-8-12-30)35(44)38-19-20-42-21-23-45-24-22-42/h3-16,34H,17-26H2,1-2H3,(H,38,44). The van der Waals surface area contributed by atoms with Gasteiger partial charge in [0, 0.05) is 38.3 Å². The average molecular weight is 635 g/mol.